The Balaban J connectivity index is 0.000000461. The van der Waals surface area contributed by atoms with Crippen molar-refractivity contribution < 1.29 is 4.79 Å². The number of hydrogen-bond acceptors (Lipinski definition) is 2. The van der Waals surface area contributed by atoms with Gasteiger partial charge in [0.15, 0.2) is 0 Å². The normalized spacial score (nSPS) is 20.6. The number of carbonyl (C=O) groups excluding carboxylic acids is 1. The summed E-state index contributed by atoms with van der Waals surface area (Å²) in [6, 6.07) is 0. The molecule has 1 unspecified atom stereocenters. The van der Waals surface area contributed by atoms with Crippen molar-refractivity contribution in [3.63, 3.8) is 0 Å². The number of hydrogen-bond donors (Lipinski definition) is 1. The summed E-state index contributed by atoms with van der Waals surface area (Å²) in [4.78, 5) is 10.7. The lowest BCUT2D eigenvalue weighted by molar-refractivity contribution is -0.122. The number of hydrazone groups is 1. The maximum absolute atomic E-state index is 10.7. The highest BCUT2D eigenvalue weighted by atomic mass is 16.2. The van der Waals surface area contributed by atoms with E-state index in [0.29, 0.717) is 0 Å². The Morgan fingerprint density at radius 1 is 1.64 bits per heavy atom. The number of nitrogens with one attached hydrogen (secondary N) is 1. The monoisotopic (exact) mass is 156 g/mol. The lowest BCUT2D eigenvalue weighted by atomic mass is 10.1. The minimum absolute atomic E-state index is 0.0370. The van der Waals surface area contributed by atoms with Gasteiger partial charge in [-0.05, 0) is 6.42 Å². The first kappa shape index (κ1) is 10.1. The molecule has 0 saturated carbocycles. The van der Waals surface area contributed by atoms with Crippen LogP contribution in [0.4, 0.5) is 0 Å². The molecule has 0 fully saturated rings. The zero-order valence-corrected chi connectivity index (χ0v) is 7.42. The fourth-order valence-electron chi connectivity index (χ4n) is 0.858. The van der Waals surface area contributed by atoms with Gasteiger partial charge in [-0.3, -0.25) is 4.79 Å². The Morgan fingerprint density at radius 3 is 2.64 bits per heavy atom. The molecule has 1 aliphatic rings. The summed E-state index contributed by atoms with van der Waals surface area (Å²) in [6.45, 7) is 6.06. The van der Waals surface area contributed by atoms with Gasteiger partial charge in [-0.1, -0.05) is 27.2 Å². The van der Waals surface area contributed by atoms with Crippen molar-refractivity contribution in [1.29, 1.82) is 0 Å². The van der Waals surface area contributed by atoms with E-state index < -0.39 is 0 Å². The second-order valence-electron chi connectivity index (χ2n) is 2.15. The van der Waals surface area contributed by atoms with Crippen LogP contribution in [0.5, 0.6) is 0 Å². The van der Waals surface area contributed by atoms with Crippen LogP contribution < -0.4 is 5.43 Å². The Hall–Kier alpha value is -0.860. The van der Waals surface area contributed by atoms with Crippen molar-refractivity contribution >= 4 is 12.1 Å². The first-order valence-corrected chi connectivity index (χ1v) is 4.17. The second kappa shape index (κ2) is 5.89. The van der Waals surface area contributed by atoms with Crippen LogP contribution in [0.15, 0.2) is 5.10 Å². The van der Waals surface area contributed by atoms with Gasteiger partial charge >= 0.3 is 0 Å². The molecule has 0 saturated heterocycles. The maximum Gasteiger partial charge on any atom is 0.248 e. The molecule has 3 nitrogen and oxygen atoms in total. The van der Waals surface area contributed by atoms with E-state index in [2.05, 4.69) is 17.5 Å². The maximum atomic E-state index is 10.7. The molecule has 0 aromatic rings. The molecule has 1 rings (SSSR count). The first-order chi connectivity index (χ1) is 5.34. The van der Waals surface area contributed by atoms with Gasteiger partial charge in [0.1, 0.15) is 0 Å². The third-order valence-corrected chi connectivity index (χ3v) is 1.37. The molecular formula is C8H16N2O. The van der Waals surface area contributed by atoms with E-state index in [9.17, 15) is 4.79 Å². The summed E-state index contributed by atoms with van der Waals surface area (Å²) >= 11 is 0. The van der Waals surface area contributed by atoms with Crippen LogP contribution in [0.3, 0.4) is 0 Å². The number of carbonyl (C=O) groups is 1. The van der Waals surface area contributed by atoms with Crippen molar-refractivity contribution in [2.75, 3.05) is 0 Å². The molecular weight excluding hydrogens is 140 g/mol. The zero-order chi connectivity index (χ0) is 8.69. The lowest BCUT2D eigenvalue weighted by Crippen LogP contribution is -2.19. The van der Waals surface area contributed by atoms with Gasteiger partial charge in [0, 0.05) is 6.21 Å². The number of rotatable bonds is 2. The third-order valence-electron chi connectivity index (χ3n) is 1.37. The van der Waals surface area contributed by atoms with Crippen LogP contribution in [0.25, 0.3) is 0 Å². The summed E-state index contributed by atoms with van der Waals surface area (Å²) in [6.07, 6.45) is 3.62. The molecule has 0 spiro atoms. The van der Waals surface area contributed by atoms with E-state index >= 15 is 0 Å². The molecule has 1 aliphatic heterocycles. The second-order valence-corrected chi connectivity index (χ2v) is 2.15. The fraction of sp³-hybridized carbons (Fsp3) is 0.750. The van der Waals surface area contributed by atoms with E-state index in [1.807, 2.05) is 13.8 Å². The standard InChI is InChI=1S/C6H10N2O.C2H6/c1-2-3-5-4-7-8-6(5)9;1-2/h4-5H,2-3H2,1H3,(H,8,9);1-2H3. The Kier molecular flexibility index (Phi) is 5.43. The van der Waals surface area contributed by atoms with E-state index in [1.54, 1.807) is 6.21 Å². The highest BCUT2D eigenvalue weighted by Gasteiger charge is 2.18. The Morgan fingerprint density at radius 2 is 2.27 bits per heavy atom. The van der Waals surface area contributed by atoms with Crippen LogP contribution >= 0.6 is 0 Å². The van der Waals surface area contributed by atoms with Crippen molar-refractivity contribution in [2.24, 2.45) is 11.0 Å². The van der Waals surface area contributed by atoms with Crippen molar-refractivity contribution in [2.45, 2.75) is 33.6 Å². The van der Waals surface area contributed by atoms with Gasteiger partial charge in [0.05, 0.1) is 5.92 Å². The molecule has 11 heavy (non-hydrogen) atoms. The predicted molar refractivity (Wildman–Crippen MR) is 46.4 cm³/mol. The molecule has 64 valence electrons. The van der Waals surface area contributed by atoms with Crippen LogP contribution in [0.2, 0.25) is 0 Å². The number of amides is 1. The predicted octanol–water partition coefficient (Wildman–Crippen LogP) is 1.54. The molecule has 0 radical (unpaired) electrons. The molecule has 1 atom stereocenters. The average molecular weight is 156 g/mol. The largest absolute Gasteiger partial charge is 0.272 e. The van der Waals surface area contributed by atoms with Gasteiger partial charge in [-0.25, -0.2) is 5.43 Å². The molecule has 3 heteroatoms. The summed E-state index contributed by atoms with van der Waals surface area (Å²) in [5.41, 5.74) is 2.38. The van der Waals surface area contributed by atoms with Gasteiger partial charge in [-0.15, -0.1) is 0 Å². The Labute approximate surface area is 67.9 Å². The van der Waals surface area contributed by atoms with Crippen molar-refractivity contribution in [3.05, 3.63) is 0 Å². The van der Waals surface area contributed by atoms with Gasteiger partial charge in [0.2, 0.25) is 5.91 Å². The highest BCUT2D eigenvalue weighted by Crippen LogP contribution is 2.06. The van der Waals surface area contributed by atoms with Crippen LogP contribution in [0, 0.1) is 5.92 Å². The van der Waals surface area contributed by atoms with Gasteiger partial charge in [0.25, 0.3) is 0 Å². The lowest BCUT2D eigenvalue weighted by Gasteiger charge is -1.98. The summed E-state index contributed by atoms with van der Waals surface area (Å²) in [5, 5.41) is 3.64. The Bertz CT molecular complexity index is 143. The molecule has 0 aromatic heterocycles. The van der Waals surface area contributed by atoms with Crippen LogP contribution in [-0.4, -0.2) is 12.1 Å². The molecule has 0 aliphatic carbocycles. The molecule has 1 N–H and O–H groups in total. The molecule has 0 bridgehead atoms. The quantitative estimate of drug-likeness (QED) is 0.647. The van der Waals surface area contributed by atoms with Crippen LogP contribution in [0.1, 0.15) is 33.6 Å². The van der Waals surface area contributed by atoms with Gasteiger partial charge in [-0.2, -0.15) is 5.10 Å². The fourth-order valence-corrected chi connectivity index (χ4v) is 0.858. The van der Waals surface area contributed by atoms with Crippen LogP contribution in [-0.2, 0) is 4.79 Å². The van der Waals surface area contributed by atoms with Crippen molar-refractivity contribution in [1.82, 2.24) is 5.43 Å². The van der Waals surface area contributed by atoms with Gasteiger partial charge < -0.3 is 0 Å². The van der Waals surface area contributed by atoms with Crippen molar-refractivity contribution in [3.8, 4) is 0 Å². The zero-order valence-electron chi connectivity index (χ0n) is 7.42. The molecule has 1 heterocycles. The SMILES string of the molecule is CC.CCCC1C=NNC1=O. The van der Waals surface area contributed by atoms with E-state index in [4.69, 9.17) is 0 Å². The smallest absolute Gasteiger partial charge is 0.248 e. The van der Waals surface area contributed by atoms with E-state index in [1.165, 1.54) is 0 Å². The van der Waals surface area contributed by atoms with E-state index in [0.717, 1.165) is 12.8 Å². The number of nitrogens with zero attached hydrogens (tertiary/aromatic N) is 1. The minimum atomic E-state index is 0.0370. The highest BCUT2D eigenvalue weighted by molar-refractivity contribution is 5.97. The van der Waals surface area contributed by atoms with E-state index in [-0.39, 0.29) is 11.8 Å². The minimum Gasteiger partial charge on any atom is -0.272 e. The topological polar surface area (TPSA) is 41.5 Å². The molecule has 1 amide bonds. The first-order valence-electron chi connectivity index (χ1n) is 4.17. The average Bonchev–Trinajstić information content (AvgIpc) is 2.42. The summed E-state index contributed by atoms with van der Waals surface area (Å²) < 4.78 is 0. The third kappa shape index (κ3) is 3.16. The molecule has 0 aromatic carbocycles. The summed E-state index contributed by atoms with van der Waals surface area (Å²) in [7, 11) is 0. The summed E-state index contributed by atoms with van der Waals surface area (Å²) in [5.74, 6) is 0.0758.